The van der Waals surface area contributed by atoms with E-state index in [9.17, 15) is 0 Å². The average molecular weight is 233 g/mol. The maximum atomic E-state index is 6.04. The van der Waals surface area contributed by atoms with Crippen molar-refractivity contribution in [2.75, 3.05) is 12.8 Å². The molecule has 2 rings (SSSR count). The zero-order valence-corrected chi connectivity index (χ0v) is 10.5. The zero-order chi connectivity index (χ0) is 11.7. The maximum Gasteiger partial charge on any atom is 0.119 e. The maximum absolute atomic E-state index is 6.04. The van der Waals surface area contributed by atoms with Crippen LogP contribution in [0.4, 0.5) is 5.00 Å². The van der Waals surface area contributed by atoms with Crippen molar-refractivity contribution in [3.05, 3.63) is 34.7 Å². The predicted molar refractivity (Wildman–Crippen MR) is 70.2 cm³/mol. The van der Waals surface area contributed by atoms with Crippen LogP contribution in [-0.2, 0) is 0 Å². The standard InChI is InChI=1S/C13H15NOS/c1-8-9(2)16-13(14)12(8)10-5-4-6-11(7-10)15-3/h4-7H,14H2,1-3H3. The van der Waals surface area contributed by atoms with Crippen molar-refractivity contribution >= 4 is 16.3 Å². The number of benzene rings is 1. The Bertz CT molecular complexity index is 517. The first-order chi connectivity index (χ1) is 7.63. The summed E-state index contributed by atoms with van der Waals surface area (Å²) in [6, 6.07) is 8.01. The molecule has 16 heavy (non-hydrogen) atoms. The molecular formula is C13H15NOS. The normalized spacial score (nSPS) is 10.4. The number of ether oxygens (including phenoxy) is 1. The molecule has 3 heteroatoms. The van der Waals surface area contributed by atoms with Crippen molar-refractivity contribution in [2.24, 2.45) is 0 Å². The predicted octanol–water partition coefficient (Wildman–Crippen LogP) is 3.62. The first-order valence-electron chi connectivity index (χ1n) is 5.13. The van der Waals surface area contributed by atoms with E-state index >= 15 is 0 Å². The lowest BCUT2D eigenvalue weighted by Crippen LogP contribution is -1.88. The fourth-order valence-electron chi connectivity index (χ4n) is 1.79. The summed E-state index contributed by atoms with van der Waals surface area (Å²) in [5.74, 6) is 0.861. The van der Waals surface area contributed by atoms with E-state index in [-0.39, 0.29) is 0 Å². The molecule has 0 amide bonds. The van der Waals surface area contributed by atoms with E-state index in [2.05, 4.69) is 19.9 Å². The van der Waals surface area contributed by atoms with Crippen molar-refractivity contribution in [1.82, 2.24) is 0 Å². The number of hydrogen-bond donors (Lipinski definition) is 1. The molecule has 0 spiro atoms. The summed E-state index contributed by atoms with van der Waals surface area (Å²) in [4.78, 5) is 1.27. The molecule has 0 fully saturated rings. The van der Waals surface area contributed by atoms with E-state index in [1.165, 1.54) is 10.4 Å². The Labute approximate surface area is 99.7 Å². The molecule has 84 valence electrons. The van der Waals surface area contributed by atoms with Gasteiger partial charge in [0.05, 0.1) is 12.1 Å². The van der Waals surface area contributed by atoms with Gasteiger partial charge in [-0.1, -0.05) is 12.1 Å². The van der Waals surface area contributed by atoms with Gasteiger partial charge in [-0.2, -0.15) is 0 Å². The minimum Gasteiger partial charge on any atom is -0.497 e. The van der Waals surface area contributed by atoms with Gasteiger partial charge in [0.2, 0.25) is 0 Å². The Morgan fingerprint density at radius 2 is 2.00 bits per heavy atom. The lowest BCUT2D eigenvalue weighted by Gasteiger charge is -2.05. The van der Waals surface area contributed by atoms with Crippen molar-refractivity contribution in [2.45, 2.75) is 13.8 Å². The van der Waals surface area contributed by atoms with E-state index in [4.69, 9.17) is 10.5 Å². The van der Waals surface area contributed by atoms with Gasteiger partial charge in [-0.05, 0) is 37.1 Å². The number of methoxy groups -OCH3 is 1. The largest absolute Gasteiger partial charge is 0.497 e. The van der Waals surface area contributed by atoms with Crippen LogP contribution >= 0.6 is 11.3 Å². The van der Waals surface area contributed by atoms with E-state index in [1.807, 2.05) is 18.2 Å². The van der Waals surface area contributed by atoms with Gasteiger partial charge in [0.1, 0.15) is 5.75 Å². The first-order valence-corrected chi connectivity index (χ1v) is 5.95. The number of aryl methyl sites for hydroxylation is 1. The van der Waals surface area contributed by atoms with E-state index in [0.29, 0.717) is 0 Å². The van der Waals surface area contributed by atoms with Gasteiger partial charge in [-0.25, -0.2) is 0 Å². The SMILES string of the molecule is COc1cccc(-c2c(N)sc(C)c2C)c1. The highest BCUT2D eigenvalue weighted by Crippen LogP contribution is 2.38. The van der Waals surface area contributed by atoms with Crippen LogP contribution < -0.4 is 10.5 Å². The molecule has 1 aromatic heterocycles. The molecule has 1 heterocycles. The lowest BCUT2D eigenvalue weighted by atomic mass is 10.0. The fourth-order valence-corrected chi connectivity index (χ4v) is 2.75. The molecule has 2 aromatic rings. The highest BCUT2D eigenvalue weighted by atomic mass is 32.1. The Morgan fingerprint density at radius 3 is 2.56 bits per heavy atom. The molecule has 0 saturated heterocycles. The summed E-state index contributed by atoms with van der Waals surface area (Å²) in [5.41, 5.74) is 9.57. The smallest absolute Gasteiger partial charge is 0.119 e. The first kappa shape index (κ1) is 11.0. The summed E-state index contributed by atoms with van der Waals surface area (Å²) in [5, 5.41) is 0.878. The van der Waals surface area contributed by atoms with Gasteiger partial charge in [0.15, 0.2) is 0 Å². The monoisotopic (exact) mass is 233 g/mol. The van der Waals surface area contributed by atoms with Crippen LogP contribution in [0.3, 0.4) is 0 Å². The molecule has 0 aliphatic rings. The second-order valence-corrected chi connectivity index (χ2v) is 5.01. The highest BCUT2D eigenvalue weighted by molar-refractivity contribution is 7.16. The zero-order valence-electron chi connectivity index (χ0n) is 9.70. The van der Waals surface area contributed by atoms with Gasteiger partial charge in [-0.3, -0.25) is 0 Å². The molecule has 0 aliphatic carbocycles. The van der Waals surface area contributed by atoms with Crippen LogP contribution in [0.15, 0.2) is 24.3 Å². The van der Waals surface area contributed by atoms with Gasteiger partial charge in [0.25, 0.3) is 0 Å². The van der Waals surface area contributed by atoms with Gasteiger partial charge < -0.3 is 10.5 Å². The van der Waals surface area contributed by atoms with Crippen molar-refractivity contribution in [3.63, 3.8) is 0 Å². The van der Waals surface area contributed by atoms with Crippen LogP contribution in [0, 0.1) is 13.8 Å². The number of rotatable bonds is 2. The number of nitrogen functional groups attached to an aromatic ring is 1. The fraction of sp³-hybridized carbons (Fsp3) is 0.231. The number of anilines is 1. The van der Waals surface area contributed by atoms with E-state index in [1.54, 1.807) is 18.4 Å². The second kappa shape index (κ2) is 4.18. The van der Waals surface area contributed by atoms with Crippen LogP contribution in [-0.4, -0.2) is 7.11 Å². The van der Waals surface area contributed by atoms with Crippen molar-refractivity contribution in [1.29, 1.82) is 0 Å². The molecular weight excluding hydrogens is 218 g/mol. The minimum absolute atomic E-state index is 0.861. The van der Waals surface area contributed by atoms with Crippen molar-refractivity contribution < 1.29 is 4.74 Å². The molecule has 0 unspecified atom stereocenters. The number of nitrogens with two attached hydrogens (primary N) is 1. The van der Waals surface area contributed by atoms with Crippen LogP contribution in [0.25, 0.3) is 11.1 Å². The Morgan fingerprint density at radius 1 is 1.25 bits per heavy atom. The third-order valence-electron chi connectivity index (χ3n) is 2.77. The molecule has 2 nitrogen and oxygen atoms in total. The minimum atomic E-state index is 0.861. The lowest BCUT2D eigenvalue weighted by molar-refractivity contribution is 0.415. The summed E-state index contributed by atoms with van der Waals surface area (Å²) in [7, 11) is 1.67. The summed E-state index contributed by atoms with van der Waals surface area (Å²) < 4.78 is 5.23. The van der Waals surface area contributed by atoms with Gasteiger partial charge in [-0.15, -0.1) is 11.3 Å². The Kier molecular flexibility index (Phi) is 2.88. The van der Waals surface area contributed by atoms with Crippen LogP contribution in [0.5, 0.6) is 5.75 Å². The van der Waals surface area contributed by atoms with Gasteiger partial charge >= 0.3 is 0 Å². The van der Waals surface area contributed by atoms with E-state index < -0.39 is 0 Å². The van der Waals surface area contributed by atoms with E-state index in [0.717, 1.165) is 21.9 Å². The molecule has 0 radical (unpaired) electrons. The third-order valence-corrected chi connectivity index (χ3v) is 3.81. The summed E-state index contributed by atoms with van der Waals surface area (Å²) in [6.07, 6.45) is 0. The molecule has 0 saturated carbocycles. The molecule has 1 aromatic carbocycles. The van der Waals surface area contributed by atoms with Crippen LogP contribution in [0.1, 0.15) is 10.4 Å². The number of thiophene rings is 1. The number of hydrogen-bond acceptors (Lipinski definition) is 3. The molecule has 0 atom stereocenters. The molecule has 2 N–H and O–H groups in total. The molecule has 0 aliphatic heterocycles. The summed E-state index contributed by atoms with van der Waals surface area (Å²) >= 11 is 1.64. The van der Waals surface area contributed by atoms with Crippen LogP contribution in [0.2, 0.25) is 0 Å². The topological polar surface area (TPSA) is 35.2 Å². The average Bonchev–Trinajstić information content (AvgIpc) is 2.53. The molecule has 0 bridgehead atoms. The van der Waals surface area contributed by atoms with Gasteiger partial charge in [0, 0.05) is 10.4 Å². The summed E-state index contributed by atoms with van der Waals surface area (Å²) in [6.45, 7) is 4.21. The highest BCUT2D eigenvalue weighted by Gasteiger charge is 2.12. The van der Waals surface area contributed by atoms with Crippen molar-refractivity contribution in [3.8, 4) is 16.9 Å². The second-order valence-electron chi connectivity index (χ2n) is 3.75. The third kappa shape index (κ3) is 1.78. The Balaban J connectivity index is 2.58. The Hall–Kier alpha value is -1.48. The quantitative estimate of drug-likeness (QED) is 0.859.